The number of azo groups is 2. The quantitative estimate of drug-likeness (QED) is 0.504. The SMILES string of the molecule is Clc1ccc(C(N=Nc2ccccc2)N=Nc2cccnc2)cc1. The van der Waals surface area contributed by atoms with E-state index < -0.39 is 6.17 Å². The van der Waals surface area contributed by atoms with E-state index in [9.17, 15) is 0 Å². The van der Waals surface area contributed by atoms with Gasteiger partial charge in [0.1, 0.15) is 5.69 Å². The molecule has 6 heteroatoms. The fraction of sp³-hybridized carbons (Fsp3) is 0.0556. The van der Waals surface area contributed by atoms with Crippen molar-refractivity contribution >= 4 is 23.0 Å². The molecule has 3 aromatic rings. The van der Waals surface area contributed by atoms with Gasteiger partial charge in [-0.2, -0.15) is 20.5 Å². The van der Waals surface area contributed by atoms with Gasteiger partial charge < -0.3 is 0 Å². The number of halogens is 1. The molecule has 1 unspecified atom stereocenters. The molecule has 0 saturated heterocycles. The Kier molecular flexibility index (Phi) is 5.37. The van der Waals surface area contributed by atoms with Gasteiger partial charge in [-0.15, -0.1) is 0 Å². The molecule has 0 bridgehead atoms. The van der Waals surface area contributed by atoms with Gasteiger partial charge in [-0.05, 0) is 36.4 Å². The third kappa shape index (κ3) is 4.54. The van der Waals surface area contributed by atoms with Crippen LogP contribution in [-0.4, -0.2) is 4.98 Å². The largest absolute Gasteiger partial charge is 0.262 e. The molecule has 2 aromatic carbocycles. The van der Waals surface area contributed by atoms with E-state index in [1.807, 2.05) is 48.5 Å². The third-order valence-electron chi connectivity index (χ3n) is 3.14. The van der Waals surface area contributed by atoms with Crippen LogP contribution in [0.2, 0.25) is 5.02 Å². The highest BCUT2D eigenvalue weighted by atomic mass is 35.5. The summed E-state index contributed by atoms with van der Waals surface area (Å²) in [6.07, 6.45) is 2.77. The Morgan fingerprint density at radius 1 is 0.750 bits per heavy atom. The monoisotopic (exact) mass is 335 g/mol. The summed E-state index contributed by atoms with van der Waals surface area (Å²) in [6, 6.07) is 20.4. The van der Waals surface area contributed by atoms with Crippen molar-refractivity contribution in [1.29, 1.82) is 0 Å². The molecule has 1 atom stereocenters. The van der Waals surface area contributed by atoms with Crippen LogP contribution >= 0.6 is 11.6 Å². The summed E-state index contributed by atoms with van der Waals surface area (Å²) < 4.78 is 0. The van der Waals surface area contributed by atoms with E-state index in [0.29, 0.717) is 10.7 Å². The Morgan fingerprint density at radius 2 is 1.42 bits per heavy atom. The fourth-order valence-electron chi connectivity index (χ4n) is 1.94. The van der Waals surface area contributed by atoms with E-state index in [0.717, 1.165) is 11.3 Å². The molecule has 0 spiro atoms. The lowest BCUT2D eigenvalue weighted by Gasteiger charge is -2.05. The Bertz CT molecular complexity index is 768. The van der Waals surface area contributed by atoms with Crippen LogP contribution in [-0.2, 0) is 0 Å². The summed E-state index contributed by atoms with van der Waals surface area (Å²) in [5.74, 6) is 0. The molecule has 0 N–H and O–H groups in total. The molecule has 3 rings (SSSR count). The number of aromatic nitrogens is 1. The average molecular weight is 336 g/mol. The standard InChI is InChI=1S/C18H14ClN5/c19-15-10-8-14(9-11-15)18(23-21-16-5-2-1-3-6-16)24-22-17-7-4-12-20-13-17/h1-13,18H. The van der Waals surface area contributed by atoms with Crippen molar-refractivity contribution < 1.29 is 0 Å². The van der Waals surface area contributed by atoms with Crippen LogP contribution in [0.5, 0.6) is 0 Å². The lowest BCUT2D eigenvalue weighted by molar-refractivity contribution is 0.689. The highest BCUT2D eigenvalue weighted by Crippen LogP contribution is 2.25. The lowest BCUT2D eigenvalue weighted by atomic mass is 10.2. The molecule has 0 aliphatic carbocycles. The minimum atomic E-state index is -0.553. The lowest BCUT2D eigenvalue weighted by Crippen LogP contribution is -1.90. The predicted octanol–water partition coefficient (Wildman–Crippen LogP) is 6.30. The van der Waals surface area contributed by atoms with Crippen molar-refractivity contribution in [2.75, 3.05) is 0 Å². The van der Waals surface area contributed by atoms with Crippen molar-refractivity contribution in [1.82, 2.24) is 4.98 Å². The number of benzene rings is 2. The number of rotatable bonds is 5. The summed E-state index contributed by atoms with van der Waals surface area (Å²) in [7, 11) is 0. The molecule has 5 nitrogen and oxygen atoms in total. The van der Waals surface area contributed by atoms with Crippen molar-refractivity contribution in [3.8, 4) is 0 Å². The first kappa shape index (κ1) is 16.0. The average Bonchev–Trinajstić information content (AvgIpc) is 2.64. The molecule has 0 fully saturated rings. The third-order valence-corrected chi connectivity index (χ3v) is 3.39. The van der Waals surface area contributed by atoms with Crippen molar-refractivity contribution in [3.05, 3.63) is 89.7 Å². The molecule has 118 valence electrons. The number of hydrogen-bond donors (Lipinski definition) is 0. The van der Waals surface area contributed by atoms with E-state index in [4.69, 9.17) is 11.6 Å². The Balaban J connectivity index is 1.87. The molecule has 1 aromatic heterocycles. The van der Waals surface area contributed by atoms with Crippen LogP contribution in [0.1, 0.15) is 11.7 Å². The molecule has 24 heavy (non-hydrogen) atoms. The predicted molar refractivity (Wildman–Crippen MR) is 93.9 cm³/mol. The molecular formula is C18H14ClN5. The summed E-state index contributed by atoms with van der Waals surface area (Å²) in [5, 5.41) is 17.7. The van der Waals surface area contributed by atoms with Crippen LogP contribution < -0.4 is 0 Å². The Hall–Kier alpha value is -2.92. The molecule has 0 radical (unpaired) electrons. The van der Waals surface area contributed by atoms with E-state index >= 15 is 0 Å². The van der Waals surface area contributed by atoms with Crippen molar-refractivity contribution in [3.63, 3.8) is 0 Å². The molecule has 0 saturated carbocycles. The van der Waals surface area contributed by atoms with Crippen LogP contribution in [0.15, 0.2) is 99.6 Å². The zero-order valence-electron chi connectivity index (χ0n) is 12.7. The van der Waals surface area contributed by atoms with Crippen LogP contribution in [0, 0.1) is 0 Å². The van der Waals surface area contributed by atoms with Crippen LogP contribution in [0.4, 0.5) is 11.4 Å². The topological polar surface area (TPSA) is 62.3 Å². The van der Waals surface area contributed by atoms with E-state index in [1.165, 1.54) is 0 Å². The normalized spacial score (nSPS) is 12.7. The summed E-state index contributed by atoms with van der Waals surface area (Å²) in [4.78, 5) is 4.02. The Morgan fingerprint density at radius 3 is 2.08 bits per heavy atom. The van der Waals surface area contributed by atoms with Gasteiger partial charge in [0.15, 0.2) is 0 Å². The van der Waals surface area contributed by atoms with E-state index in [1.54, 1.807) is 30.6 Å². The zero-order valence-corrected chi connectivity index (χ0v) is 13.5. The van der Waals surface area contributed by atoms with Crippen LogP contribution in [0.25, 0.3) is 0 Å². The van der Waals surface area contributed by atoms with Gasteiger partial charge in [0, 0.05) is 16.8 Å². The molecular weight excluding hydrogens is 322 g/mol. The van der Waals surface area contributed by atoms with Gasteiger partial charge in [0.2, 0.25) is 6.17 Å². The first-order chi connectivity index (χ1) is 11.8. The second kappa shape index (κ2) is 8.08. The van der Waals surface area contributed by atoms with E-state index in [2.05, 4.69) is 25.4 Å². The van der Waals surface area contributed by atoms with Gasteiger partial charge in [0.05, 0.1) is 11.9 Å². The van der Waals surface area contributed by atoms with Gasteiger partial charge in [-0.3, -0.25) is 4.98 Å². The highest BCUT2D eigenvalue weighted by Gasteiger charge is 2.09. The van der Waals surface area contributed by atoms with Gasteiger partial charge >= 0.3 is 0 Å². The minimum absolute atomic E-state index is 0.553. The molecule has 0 aliphatic heterocycles. The summed E-state index contributed by atoms with van der Waals surface area (Å²) >= 11 is 5.95. The fourth-order valence-corrected chi connectivity index (χ4v) is 2.07. The maximum atomic E-state index is 5.95. The molecule has 0 aliphatic rings. The molecule has 1 heterocycles. The Labute approximate surface area is 144 Å². The number of hydrogen-bond acceptors (Lipinski definition) is 5. The first-order valence-electron chi connectivity index (χ1n) is 7.33. The smallest absolute Gasteiger partial charge is 0.206 e. The molecule has 0 amide bonds. The van der Waals surface area contributed by atoms with Crippen molar-refractivity contribution in [2.24, 2.45) is 20.5 Å². The minimum Gasteiger partial charge on any atom is -0.262 e. The van der Waals surface area contributed by atoms with Gasteiger partial charge in [0.25, 0.3) is 0 Å². The number of pyridine rings is 1. The highest BCUT2D eigenvalue weighted by molar-refractivity contribution is 6.30. The van der Waals surface area contributed by atoms with Gasteiger partial charge in [-0.1, -0.05) is 41.9 Å². The first-order valence-corrected chi connectivity index (χ1v) is 7.71. The maximum Gasteiger partial charge on any atom is 0.206 e. The maximum absolute atomic E-state index is 5.95. The summed E-state index contributed by atoms with van der Waals surface area (Å²) in [5.41, 5.74) is 2.27. The van der Waals surface area contributed by atoms with Crippen LogP contribution in [0.3, 0.4) is 0 Å². The van der Waals surface area contributed by atoms with Gasteiger partial charge in [-0.25, -0.2) is 0 Å². The van der Waals surface area contributed by atoms with Crippen molar-refractivity contribution in [2.45, 2.75) is 6.17 Å². The second-order valence-corrected chi connectivity index (χ2v) is 5.34. The second-order valence-electron chi connectivity index (χ2n) is 4.90. The number of nitrogens with zero attached hydrogens (tertiary/aromatic N) is 5. The summed E-state index contributed by atoms with van der Waals surface area (Å²) in [6.45, 7) is 0. The van der Waals surface area contributed by atoms with E-state index in [-0.39, 0.29) is 0 Å². The zero-order chi connectivity index (χ0) is 16.6.